The minimum absolute atomic E-state index is 0. The maximum Gasteiger partial charge on any atom is 0.222 e. The van der Waals surface area contributed by atoms with Gasteiger partial charge < -0.3 is 15.1 Å². The molecule has 0 aliphatic carbocycles. The molecule has 0 saturated carbocycles. The molecule has 0 unspecified atom stereocenters. The lowest BCUT2D eigenvalue weighted by Crippen LogP contribution is -2.49. The maximum atomic E-state index is 12.4. The first-order valence-corrected chi connectivity index (χ1v) is 8.59. The molecular formula is C17H26Cl3N3O. The Morgan fingerprint density at radius 2 is 1.62 bits per heavy atom. The molecule has 0 atom stereocenters. The average molecular weight is 395 g/mol. The monoisotopic (exact) mass is 393 g/mol. The Kier molecular flexibility index (Phi) is 9.21. The third-order valence-corrected chi connectivity index (χ3v) is 5.00. The van der Waals surface area contributed by atoms with Crippen molar-refractivity contribution in [2.24, 2.45) is 5.92 Å². The maximum absolute atomic E-state index is 12.4. The molecular weight excluding hydrogens is 369 g/mol. The normalized spacial score (nSPS) is 18.5. The van der Waals surface area contributed by atoms with Crippen molar-refractivity contribution in [1.82, 2.24) is 10.2 Å². The zero-order chi connectivity index (χ0) is 15.4. The summed E-state index contributed by atoms with van der Waals surface area (Å²) in [6.07, 6.45) is 3.00. The van der Waals surface area contributed by atoms with Crippen LogP contribution in [0.25, 0.3) is 0 Å². The highest BCUT2D eigenvalue weighted by molar-refractivity contribution is 6.30. The molecule has 1 amide bonds. The summed E-state index contributed by atoms with van der Waals surface area (Å²) in [4.78, 5) is 16.8. The van der Waals surface area contributed by atoms with Gasteiger partial charge in [0.1, 0.15) is 0 Å². The van der Waals surface area contributed by atoms with E-state index in [0.717, 1.165) is 63.6 Å². The van der Waals surface area contributed by atoms with E-state index >= 15 is 0 Å². The minimum atomic E-state index is 0. The number of nitrogens with one attached hydrogen (secondary N) is 1. The molecule has 0 aromatic heterocycles. The van der Waals surface area contributed by atoms with Crippen LogP contribution in [-0.2, 0) is 4.79 Å². The van der Waals surface area contributed by atoms with Crippen LogP contribution in [0.3, 0.4) is 0 Å². The lowest BCUT2D eigenvalue weighted by atomic mass is 9.94. The highest BCUT2D eigenvalue weighted by Crippen LogP contribution is 2.21. The Balaban J connectivity index is 0.00000144. The fraction of sp³-hybridized carbons (Fsp3) is 0.588. The van der Waals surface area contributed by atoms with Crippen molar-refractivity contribution in [3.8, 4) is 0 Å². The molecule has 2 saturated heterocycles. The first-order chi connectivity index (χ1) is 10.7. The third kappa shape index (κ3) is 5.69. The second kappa shape index (κ2) is 10.3. The molecule has 0 radical (unpaired) electrons. The van der Waals surface area contributed by atoms with E-state index in [2.05, 4.69) is 22.3 Å². The van der Waals surface area contributed by atoms with Gasteiger partial charge in [0, 0.05) is 43.3 Å². The number of hydrogen-bond acceptors (Lipinski definition) is 3. The predicted molar refractivity (Wildman–Crippen MR) is 105 cm³/mol. The zero-order valence-corrected chi connectivity index (χ0v) is 16.1. The van der Waals surface area contributed by atoms with Crippen LogP contribution in [0.15, 0.2) is 24.3 Å². The molecule has 136 valence electrons. The van der Waals surface area contributed by atoms with Crippen LogP contribution in [-0.4, -0.2) is 50.1 Å². The van der Waals surface area contributed by atoms with Crippen LogP contribution in [0, 0.1) is 5.92 Å². The van der Waals surface area contributed by atoms with E-state index < -0.39 is 0 Å². The fourth-order valence-corrected chi connectivity index (χ4v) is 3.45. The Morgan fingerprint density at radius 1 is 1.04 bits per heavy atom. The SMILES string of the molecule is Cl.Cl.O=C(CC1CCNCC1)N1CCN(c2ccc(Cl)cc2)CC1. The number of nitrogens with zero attached hydrogens (tertiary/aromatic N) is 2. The van der Waals surface area contributed by atoms with Crippen LogP contribution >= 0.6 is 36.4 Å². The molecule has 3 rings (SSSR count). The van der Waals surface area contributed by atoms with Crippen LogP contribution in [0.5, 0.6) is 0 Å². The summed E-state index contributed by atoms with van der Waals surface area (Å²) < 4.78 is 0. The van der Waals surface area contributed by atoms with Gasteiger partial charge in [-0.3, -0.25) is 4.79 Å². The number of carbonyl (C=O) groups is 1. The van der Waals surface area contributed by atoms with E-state index in [0.29, 0.717) is 11.8 Å². The van der Waals surface area contributed by atoms with Gasteiger partial charge in [0.05, 0.1) is 0 Å². The van der Waals surface area contributed by atoms with Crippen molar-refractivity contribution in [2.75, 3.05) is 44.2 Å². The topological polar surface area (TPSA) is 35.6 Å². The number of halogens is 3. The average Bonchev–Trinajstić information content (AvgIpc) is 2.57. The van der Waals surface area contributed by atoms with Gasteiger partial charge in [-0.2, -0.15) is 0 Å². The number of anilines is 1. The Bertz CT molecular complexity index is 498. The minimum Gasteiger partial charge on any atom is -0.368 e. The Morgan fingerprint density at radius 3 is 2.21 bits per heavy atom. The molecule has 1 aromatic rings. The van der Waals surface area contributed by atoms with Gasteiger partial charge in [0.15, 0.2) is 0 Å². The molecule has 0 bridgehead atoms. The van der Waals surface area contributed by atoms with Crippen LogP contribution in [0.1, 0.15) is 19.3 Å². The summed E-state index contributed by atoms with van der Waals surface area (Å²) >= 11 is 5.93. The highest BCUT2D eigenvalue weighted by Gasteiger charge is 2.24. The van der Waals surface area contributed by atoms with Gasteiger partial charge in [-0.25, -0.2) is 0 Å². The number of piperazine rings is 1. The quantitative estimate of drug-likeness (QED) is 0.855. The summed E-state index contributed by atoms with van der Waals surface area (Å²) in [5.74, 6) is 0.908. The highest BCUT2D eigenvalue weighted by atomic mass is 35.5. The number of piperidine rings is 1. The lowest BCUT2D eigenvalue weighted by molar-refractivity contribution is -0.132. The first kappa shape index (κ1) is 21.4. The van der Waals surface area contributed by atoms with E-state index in [9.17, 15) is 4.79 Å². The van der Waals surface area contributed by atoms with Crippen molar-refractivity contribution in [2.45, 2.75) is 19.3 Å². The molecule has 7 heteroatoms. The summed E-state index contributed by atoms with van der Waals surface area (Å²) in [5, 5.41) is 4.12. The number of hydrogen-bond donors (Lipinski definition) is 1. The Labute approximate surface area is 161 Å². The largest absolute Gasteiger partial charge is 0.368 e. The van der Waals surface area contributed by atoms with Crippen LogP contribution in [0.4, 0.5) is 5.69 Å². The smallest absolute Gasteiger partial charge is 0.222 e. The van der Waals surface area contributed by atoms with Gasteiger partial charge in [-0.05, 0) is 56.1 Å². The number of rotatable bonds is 3. The van der Waals surface area contributed by atoms with E-state index in [1.807, 2.05) is 17.0 Å². The molecule has 2 aliphatic heterocycles. The second-order valence-electron chi connectivity index (χ2n) is 6.24. The van der Waals surface area contributed by atoms with E-state index in [4.69, 9.17) is 11.6 Å². The van der Waals surface area contributed by atoms with Gasteiger partial charge in [-0.15, -0.1) is 24.8 Å². The summed E-state index contributed by atoms with van der Waals surface area (Å²) in [6, 6.07) is 7.95. The van der Waals surface area contributed by atoms with E-state index in [1.54, 1.807) is 0 Å². The van der Waals surface area contributed by atoms with Crippen molar-refractivity contribution >= 4 is 48.0 Å². The summed E-state index contributed by atoms with van der Waals surface area (Å²) in [6.45, 7) is 5.57. The van der Waals surface area contributed by atoms with E-state index in [-0.39, 0.29) is 24.8 Å². The predicted octanol–water partition coefficient (Wildman–Crippen LogP) is 3.22. The van der Waals surface area contributed by atoms with Crippen LogP contribution < -0.4 is 10.2 Å². The van der Waals surface area contributed by atoms with Crippen molar-refractivity contribution in [3.05, 3.63) is 29.3 Å². The van der Waals surface area contributed by atoms with Crippen molar-refractivity contribution in [3.63, 3.8) is 0 Å². The molecule has 1 N–H and O–H groups in total. The van der Waals surface area contributed by atoms with Crippen LogP contribution in [0.2, 0.25) is 5.02 Å². The molecule has 2 heterocycles. The van der Waals surface area contributed by atoms with E-state index in [1.165, 1.54) is 5.69 Å². The molecule has 1 aromatic carbocycles. The summed E-state index contributed by atoms with van der Waals surface area (Å²) in [5.41, 5.74) is 1.19. The van der Waals surface area contributed by atoms with Gasteiger partial charge >= 0.3 is 0 Å². The summed E-state index contributed by atoms with van der Waals surface area (Å²) in [7, 11) is 0. The first-order valence-electron chi connectivity index (χ1n) is 8.21. The molecule has 2 fully saturated rings. The van der Waals surface area contributed by atoms with Gasteiger partial charge in [0.2, 0.25) is 5.91 Å². The van der Waals surface area contributed by atoms with Crippen molar-refractivity contribution in [1.29, 1.82) is 0 Å². The lowest BCUT2D eigenvalue weighted by Gasteiger charge is -2.37. The molecule has 0 spiro atoms. The number of benzene rings is 1. The third-order valence-electron chi connectivity index (χ3n) is 4.75. The Hall–Kier alpha value is -0.680. The number of amides is 1. The molecule has 24 heavy (non-hydrogen) atoms. The standard InChI is InChI=1S/C17H24ClN3O.2ClH/c18-15-1-3-16(4-2-15)20-9-11-21(12-10-20)17(22)13-14-5-7-19-8-6-14;;/h1-4,14,19H,5-13H2;2*1H. The second-order valence-corrected chi connectivity index (χ2v) is 6.68. The van der Waals surface area contributed by atoms with Gasteiger partial charge in [0.25, 0.3) is 0 Å². The van der Waals surface area contributed by atoms with Crippen molar-refractivity contribution < 1.29 is 4.79 Å². The fourth-order valence-electron chi connectivity index (χ4n) is 3.33. The zero-order valence-electron chi connectivity index (χ0n) is 13.7. The number of carbonyl (C=O) groups excluding carboxylic acids is 1. The van der Waals surface area contributed by atoms with Gasteiger partial charge in [-0.1, -0.05) is 11.6 Å². The molecule has 2 aliphatic rings. The molecule has 4 nitrogen and oxygen atoms in total.